The number of carbonyl (C=O) groups is 1. The third-order valence-corrected chi connectivity index (χ3v) is 5.14. The molecule has 4 nitrogen and oxygen atoms in total. The fourth-order valence-electron chi connectivity index (χ4n) is 2.92. The predicted octanol–water partition coefficient (Wildman–Crippen LogP) is 2.36. The van der Waals surface area contributed by atoms with Crippen LogP contribution < -0.4 is 5.46 Å². The Morgan fingerprint density at radius 2 is 1.70 bits per heavy atom. The Morgan fingerprint density at radius 1 is 1.13 bits per heavy atom. The molecule has 2 aliphatic rings. The fourth-order valence-corrected chi connectivity index (χ4v) is 2.92. The molecule has 0 spiro atoms. The molecular formula is C17H23BFNO3. The molecule has 0 saturated carbocycles. The monoisotopic (exact) mass is 319 g/mol. The van der Waals surface area contributed by atoms with Crippen LogP contribution in [-0.2, 0) is 9.31 Å². The summed E-state index contributed by atoms with van der Waals surface area (Å²) in [5, 5.41) is 0. The van der Waals surface area contributed by atoms with Gasteiger partial charge in [-0.15, -0.1) is 0 Å². The highest BCUT2D eigenvalue weighted by atomic mass is 19.1. The summed E-state index contributed by atoms with van der Waals surface area (Å²) in [5.41, 5.74) is -0.164. The van der Waals surface area contributed by atoms with Gasteiger partial charge in [0.25, 0.3) is 5.91 Å². The second-order valence-corrected chi connectivity index (χ2v) is 7.33. The van der Waals surface area contributed by atoms with Gasteiger partial charge in [-0.3, -0.25) is 4.79 Å². The van der Waals surface area contributed by atoms with Crippen molar-refractivity contribution >= 4 is 18.5 Å². The minimum atomic E-state index is -0.592. The van der Waals surface area contributed by atoms with Crippen LogP contribution in [0.5, 0.6) is 0 Å². The highest BCUT2D eigenvalue weighted by Gasteiger charge is 2.51. The van der Waals surface area contributed by atoms with Crippen LogP contribution in [0.2, 0.25) is 0 Å². The van der Waals surface area contributed by atoms with Gasteiger partial charge in [-0.1, -0.05) is 6.07 Å². The van der Waals surface area contributed by atoms with Crippen molar-refractivity contribution in [3.63, 3.8) is 0 Å². The molecular weight excluding hydrogens is 296 g/mol. The third kappa shape index (κ3) is 2.90. The van der Waals surface area contributed by atoms with E-state index in [4.69, 9.17) is 9.31 Å². The number of likely N-dealkylation sites (tertiary alicyclic amines) is 1. The first kappa shape index (κ1) is 16.5. The fraction of sp³-hybridized carbons (Fsp3) is 0.588. The number of nitrogens with zero attached hydrogens (tertiary/aromatic N) is 1. The largest absolute Gasteiger partial charge is 0.494 e. The van der Waals surface area contributed by atoms with E-state index in [0.29, 0.717) is 18.6 Å². The Hall–Kier alpha value is -1.40. The van der Waals surface area contributed by atoms with Gasteiger partial charge in [0.2, 0.25) is 0 Å². The van der Waals surface area contributed by atoms with Crippen molar-refractivity contribution in [1.82, 2.24) is 4.90 Å². The normalized spacial score (nSPS) is 22.7. The molecule has 2 saturated heterocycles. The zero-order chi connectivity index (χ0) is 16.8. The second kappa shape index (κ2) is 5.60. The van der Waals surface area contributed by atoms with Crippen LogP contribution in [0.4, 0.5) is 4.39 Å². The van der Waals surface area contributed by atoms with Crippen molar-refractivity contribution in [2.45, 2.75) is 51.7 Å². The molecule has 3 rings (SSSR count). The zero-order valence-electron chi connectivity index (χ0n) is 14.2. The average Bonchev–Trinajstić information content (AvgIpc) is 3.06. The number of halogens is 1. The summed E-state index contributed by atoms with van der Waals surface area (Å²) in [6, 6.07) is 4.51. The smallest absolute Gasteiger partial charge is 0.399 e. The van der Waals surface area contributed by atoms with Gasteiger partial charge in [0.1, 0.15) is 5.82 Å². The summed E-state index contributed by atoms with van der Waals surface area (Å²) in [5.74, 6) is -0.750. The van der Waals surface area contributed by atoms with Gasteiger partial charge in [0.05, 0.1) is 16.8 Å². The van der Waals surface area contributed by atoms with Crippen molar-refractivity contribution in [2.75, 3.05) is 13.1 Å². The molecule has 0 aliphatic carbocycles. The molecule has 0 N–H and O–H groups in total. The van der Waals surface area contributed by atoms with Gasteiger partial charge in [-0.05, 0) is 58.1 Å². The molecule has 0 atom stereocenters. The van der Waals surface area contributed by atoms with Crippen molar-refractivity contribution in [1.29, 1.82) is 0 Å². The molecule has 1 amide bonds. The first-order valence-corrected chi connectivity index (χ1v) is 8.16. The van der Waals surface area contributed by atoms with Crippen LogP contribution in [0.1, 0.15) is 50.9 Å². The molecule has 2 heterocycles. The summed E-state index contributed by atoms with van der Waals surface area (Å²) in [7, 11) is -0.592. The van der Waals surface area contributed by atoms with Gasteiger partial charge in [-0.25, -0.2) is 4.39 Å². The Morgan fingerprint density at radius 3 is 2.26 bits per heavy atom. The molecule has 6 heteroatoms. The Labute approximate surface area is 137 Å². The maximum Gasteiger partial charge on any atom is 0.494 e. The van der Waals surface area contributed by atoms with Crippen LogP contribution in [-0.4, -0.2) is 42.2 Å². The van der Waals surface area contributed by atoms with Gasteiger partial charge in [0.15, 0.2) is 0 Å². The number of carbonyl (C=O) groups excluding carboxylic acids is 1. The topological polar surface area (TPSA) is 38.8 Å². The first-order chi connectivity index (χ1) is 10.7. The average molecular weight is 319 g/mol. The SMILES string of the molecule is CC1(C)OB(c2ccc(F)c(C(=O)N3CCCC3)c2)OC1(C)C. The van der Waals surface area contributed by atoms with Crippen LogP contribution in [0.15, 0.2) is 18.2 Å². The van der Waals surface area contributed by atoms with E-state index in [1.165, 1.54) is 6.07 Å². The molecule has 0 unspecified atom stereocenters. The zero-order valence-corrected chi connectivity index (χ0v) is 14.2. The lowest BCUT2D eigenvalue weighted by Gasteiger charge is -2.32. The van der Waals surface area contributed by atoms with E-state index >= 15 is 0 Å². The van der Waals surface area contributed by atoms with Crippen LogP contribution in [0.3, 0.4) is 0 Å². The van der Waals surface area contributed by atoms with E-state index in [2.05, 4.69) is 0 Å². The minimum Gasteiger partial charge on any atom is -0.399 e. The Kier molecular flexibility index (Phi) is 4.01. The summed E-state index contributed by atoms with van der Waals surface area (Å²) < 4.78 is 26.1. The van der Waals surface area contributed by atoms with Crippen molar-refractivity contribution in [3.8, 4) is 0 Å². The first-order valence-electron chi connectivity index (χ1n) is 8.16. The second-order valence-electron chi connectivity index (χ2n) is 7.33. The lowest BCUT2D eigenvalue weighted by atomic mass is 9.78. The van der Waals surface area contributed by atoms with Crippen LogP contribution in [0, 0.1) is 5.82 Å². The van der Waals surface area contributed by atoms with E-state index in [0.717, 1.165) is 12.8 Å². The van der Waals surface area contributed by atoms with E-state index in [1.807, 2.05) is 27.7 Å². The lowest BCUT2D eigenvalue weighted by molar-refractivity contribution is 0.00578. The molecule has 0 aromatic heterocycles. The molecule has 2 aliphatic heterocycles. The third-order valence-electron chi connectivity index (χ3n) is 5.14. The quantitative estimate of drug-likeness (QED) is 0.786. The van der Waals surface area contributed by atoms with E-state index in [1.54, 1.807) is 17.0 Å². The number of amides is 1. The van der Waals surface area contributed by atoms with Gasteiger partial charge in [-0.2, -0.15) is 0 Å². The summed E-state index contributed by atoms with van der Waals surface area (Å²) in [6.07, 6.45) is 1.95. The van der Waals surface area contributed by atoms with E-state index in [-0.39, 0.29) is 11.5 Å². The maximum atomic E-state index is 14.1. The van der Waals surface area contributed by atoms with Gasteiger partial charge >= 0.3 is 7.12 Å². The van der Waals surface area contributed by atoms with Crippen molar-refractivity contribution in [2.24, 2.45) is 0 Å². The number of hydrogen-bond donors (Lipinski definition) is 0. The van der Waals surface area contributed by atoms with Crippen LogP contribution in [0.25, 0.3) is 0 Å². The van der Waals surface area contributed by atoms with Gasteiger partial charge in [0, 0.05) is 13.1 Å². The van der Waals surface area contributed by atoms with Crippen LogP contribution >= 0.6 is 0 Å². The van der Waals surface area contributed by atoms with E-state index < -0.39 is 24.1 Å². The maximum absolute atomic E-state index is 14.1. The highest BCUT2D eigenvalue weighted by molar-refractivity contribution is 6.62. The molecule has 124 valence electrons. The number of rotatable bonds is 2. The Bertz CT molecular complexity index is 610. The number of hydrogen-bond acceptors (Lipinski definition) is 3. The lowest BCUT2D eigenvalue weighted by Crippen LogP contribution is -2.41. The van der Waals surface area contributed by atoms with Gasteiger partial charge < -0.3 is 14.2 Å². The summed E-state index contributed by atoms with van der Waals surface area (Å²) >= 11 is 0. The highest BCUT2D eigenvalue weighted by Crippen LogP contribution is 2.36. The molecule has 23 heavy (non-hydrogen) atoms. The summed E-state index contributed by atoms with van der Waals surface area (Å²) in [4.78, 5) is 14.2. The molecule has 0 radical (unpaired) electrons. The number of benzene rings is 1. The molecule has 1 aromatic rings. The standard InChI is InChI=1S/C17H23BFNO3/c1-16(2)17(3,4)23-18(22-16)12-7-8-14(19)13(11-12)15(21)20-9-5-6-10-20/h7-8,11H,5-6,9-10H2,1-4H3. The predicted molar refractivity (Wildman–Crippen MR) is 87.3 cm³/mol. The minimum absolute atomic E-state index is 0.0964. The van der Waals surface area contributed by atoms with E-state index in [9.17, 15) is 9.18 Å². The van der Waals surface area contributed by atoms with Crippen molar-refractivity contribution in [3.05, 3.63) is 29.6 Å². The Balaban J connectivity index is 1.88. The molecule has 1 aromatic carbocycles. The van der Waals surface area contributed by atoms with Crippen molar-refractivity contribution < 1.29 is 18.5 Å². The molecule has 2 fully saturated rings. The molecule has 0 bridgehead atoms. The summed E-state index contributed by atoms with van der Waals surface area (Å²) in [6.45, 7) is 9.25.